The third kappa shape index (κ3) is 4.35. The van der Waals surface area contributed by atoms with Gasteiger partial charge in [0.1, 0.15) is 5.82 Å². The third-order valence-corrected chi connectivity index (χ3v) is 6.77. The van der Waals surface area contributed by atoms with Gasteiger partial charge in [0.15, 0.2) is 0 Å². The average Bonchev–Trinajstić information content (AvgIpc) is 3.27. The van der Waals surface area contributed by atoms with Crippen LogP contribution in [0.1, 0.15) is 65.5 Å². The Morgan fingerprint density at radius 3 is 2.84 bits per heavy atom. The fourth-order valence-electron chi connectivity index (χ4n) is 5.03. The van der Waals surface area contributed by atoms with Gasteiger partial charge < -0.3 is 9.88 Å². The second-order valence-corrected chi connectivity index (χ2v) is 9.05. The van der Waals surface area contributed by atoms with Gasteiger partial charge in [-0.3, -0.25) is 9.69 Å². The Bertz CT molecular complexity index is 1070. The smallest absolute Gasteiger partial charge is 0.257 e. The van der Waals surface area contributed by atoms with Crippen LogP contribution in [0.2, 0.25) is 0 Å². The Hall–Kier alpha value is -2.73. The molecule has 0 unspecified atom stereocenters. The highest BCUT2D eigenvalue weighted by Crippen LogP contribution is 2.27. The maximum atomic E-state index is 12.9. The highest BCUT2D eigenvalue weighted by atomic mass is 16.2. The molecule has 1 aromatic carbocycles. The Balaban J connectivity index is 1.27. The van der Waals surface area contributed by atoms with Crippen LogP contribution < -0.4 is 0 Å². The molecule has 6 heteroatoms. The van der Waals surface area contributed by atoms with E-state index in [0.717, 1.165) is 69.9 Å². The summed E-state index contributed by atoms with van der Waals surface area (Å²) in [6.07, 6.45) is 9.42. The van der Waals surface area contributed by atoms with Crippen molar-refractivity contribution in [3.05, 3.63) is 59.3 Å². The number of rotatable bonds is 4. The lowest BCUT2D eigenvalue weighted by molar-refractivity contribution is 0.0722. The number of nitrogens with zero attached hydrogens (tertiary/aromatic N) is 4. The minimum Gasteiger partial charge on any atom is -0.361 e. The molecule has 2 fully saturated rings. The molecule has 4 heterocycles. The number of carbonyl (C=O) groups is 1. The summed E-state index contributed by atoms with van der Waals surface area (Å²) in [5, 5.41) is 1.26. The van der Waals surface area contributed by atoms with Gasteiger partial charge in [-0.1, -0.05) is 6.07 Å². The number of amides is 1. The van der Waals surface area contributed by atoms with Gasteiger partial charge in [0.2, 0.25) is 0 Å². The summed E-state index contributed by atoms with van der Waals surface area (Å²) < 4.78 is 0. The average molecular weight is 418 g/mol. The van der Waals surface area contributed by atoms with Crippen molar-refractivity contribution in [2.45, 2.75) is 51.5 Å². The van der Waals surface area contributed by atoms with Crippen LogP contribution in [0.25, 0.3) is 10.9 Å². The number of fused-ring (bicyclic) bond motifs is 1. The van der Waals surface area contributed by atoms with Crippen LogP contribution >= 0.6 is 0 Å². The van der Waals surface area contributed by atoms with Gasteiger partial charge in [-0.25, -0.2) is 9.97 Å². The van der Waals surface area contributed by atoms with Gasteiger partial charge in [0.05, 0.1) is 11.3 Å². The fraction of sp³-hybridized carbons (Fsp3) is 0.480. The molecule has 3 aromatic rings. The largest absolute Gasteiger partial charge is 0.361 e. The summed E-state index contributed by atoms with van der Waals surface area (Å²) in [4.78, 5) is 30.1. The first kappa shape index (κ1) is 20.2. The van der Waals surface area contributed by atoms with Gasteiger partial charge in [-0.2, -0.15) is 0 Å². The molecule has 2 aliphatic heterocycles. The molecule has 6 nitrogen and oxygen atoms in total. The summed E-state index contributed by atoms with van der Waals surface area (Å²) in [5.74, 6) is 1.30. The van der Waals surface area contributed by atoms with E-state index >= 15 is 0 Å². The monoisotopic (exact) mass is 417 g/mol. The summed E-state index contributed by atoms with van der Waals surface area (Å²) in [6, 6.07) is 8.78. The fourth-order valence-corrected chi connectivity index (χ4v) is 5.03. The number of piperidine rings is 2. The van der Waals surface area contributed by atoms with Crippen molar-refractivity contribution >= 4 is 16.8 Å². The van der Waals surface area contributed by atoms with E-state index in [1.165, 1.54) is 22.9 Å². The molecule has 0 aliphatic carbocycles. The van der Waals surface area contributed by atoms with Crippen molar-refractivity contribution in [1.29, 1.82) is 0 Å². The SMILES string of the molecule is Cc1nc([C@@H]2CCCN(Cc3ccc4[nH]ccc4c3)C2)ncc1C(=O)N1CCCCC1. The number of aromatic nitrogens is 3. The first-order valence-corrected chi connectivity index (χ1v) is 11.6. The van der Waals surface area contributed by atoms with Crippen LogP contribution in [-0.2, 0) is 6.54 Å². The van der Waals surface area contributed by atoms with E-state index in [0.29, 0.717) is 11.5 Å². The van der Waals surface area contributed by atoms with Crippen molar-refractivity contribution in [1.82, 2.24) is 24.8 Å². The van der Waals surface area contributed by atoms with Gasteiger partial charge >= 0.3 is 0 Å². The quantitative estimate of drug-likeness (QED) is 0.688. The zero-order valence-corrected chi connectivity index (χ0v) is 18.3. The van der Waals surface area contributed by atoms with E-state index in [1.807, 2.05) is 18.0 Å². The summed E-state index contributed by atoms with van der Waals surface area (Å²) in [7, 11) is 0. The summed E-state index contributed by atoms with van der Waals surface area (Å²) in [5.41, 5.74) is 4.00. The lowest BCUT2D eigenvalue weighted by atomic mass is 9.96. The maximum absolute atomic E-state index is 12.9. The summed E-state index contributed by atoms with van der Waals surface area (Å²) >= 11 is 0. The molecule has 1 N–H and O–H groups in total. The highest BCUT2D eigenvalue weighted by Gasteiger charge is 2.26. The minimum atomic E-state index is 0.0918. The van der Waals surface area contributed by atoms with E-state index in [2.05, 4.69) is 39.1 Å². The number of carbonyl (C=O) groups excluding carboxylic acids is 1. The van der Waals surface area contributed by atoms with Crippen molar-refractivity contribution in [2.75, 3.05) is 26.2 Å². The molecule has 0 bridgehead atoms. The van der Waals surface area contributed by atoms with Crippen LogP contribution in [0.4, 0.5) is 0 Å². The molecule has 2 aromatic heterocycles. The Labute approximate surface area is 183 Å². The third-order valence-electron chi connectivity index (χ3n) is 6.77. The molecule has 1 amide bonds. The van der Waals surface area contributed by atoms with E-state index < -0.39 is 0 Å². The number of H-pyrrole nitrogens is 1. The minimum absolute atomic E-state index is 0.0918. The number of aryl methyl sites for hydroxylation is 1. The van der Waals surface area contributed by atoms with Crippen LogP contribution in [-0.4, -0.2) is 56.8 Å². The predicted molar refractivity (Wildman–Crippen MR) is 122 cm³/mol. The molecular weight excluding hydrogens is 386 g/mol. The molecule has 1 atom stereocenters. The zero-order chi connectivity index (χ0) is 21.2. The van der Waals surface area contributed by atoms with Gasteiger partial charge in [0, 0.05) is 50.0 Å². The Morgan fingerprint density at radius 1 is 1.13 bits per heavy atom. The highest BCUT2D eigenvalue weighted by molar-refractivity contribution is 5.95. The van der Waals surface area contributed by atoms with E-state index in [9.17, 15) is 4.79 Å². The first-order chi connectivity index (χ1) is 15.2. The maximum Gasteiger partial charge on any atom is 0.257 e. The number of nitrogens with one attached hydrogen (secondary N) is 1. The van der Waals surface area contributed by atoms with Crippen LogP contribution in [0.3, 0.4) is 0 Å². The van der Waals surface area contributed by atoms with E-state index in [1.54, 1.807) is 6.20 Å². The van der Waals surface area contributed by atoms with E-state index in [-0.39, 0.29) is 5.91 Å². The van der Waals surface area contributed by atoms with Gasteiger partial charge in [-0.15, -0.1) is 0 Å². The normalized spacial score (nSPS) is 20.3. The number of benzene rings is 1. The lowest BCUT2D eigenvalue weighted by Gasteiger charge is -2.32. The van der Waals surface area contributed by atoms with Crippen molar-refractivity contribution < 1.29 is 4.79 Å². The number of likely N-dealkylation sites (tertiary alicyclic amines) is 2. The number of hydrogen-bond donors (Lipinski definition) is 1. The van der Waals surface area contributed by atoms with E-state index in [4.69, 9.17) is 4.98 Å². The molecule has 5 rings (SSSR count). The predicted octanol–water partition coefficient (Wildman–Crippen LogP) is 4.27. The Kier molecular flexibility index (Phi) is 5.72. The molecule has 2 aliphatic rings. The Morgan fingerprint density at radius 2 is 2.00 bits per heavy atom. The summed E-state index contributed by atoms with van der Waals surface area (Å²) in [6.45, 7) is 6.67. The van der Waals surface area contributed by atoms with Crippen LogP contribution in [0, 0.1) is 6.92 Å². The van der Waals surface area contributed by atoms with Gasteiger partial charge in [-0.05, 0) is 74.7 Å². The topological polar surface area (TPSA) is 65.1 Å². The zero-order valence-electron chi connectivity index (χ0n) is 18.3. The van der Waals surface area contributed by atoms with Crippen molar-refractivity contribution in [3.8, 4) is 0 Å². The molecule has 31 heavy (non-hydrogen) atoms. The molecule has 162 valence electrons. The van der Waals surface area contributed by atoms with Crippen LogP contribution in [0.5, 0.6) is 0 Å². The molecule has 0 spiro atoms. The molecular formula is C25H31N5O. The molecule has 2 saturated heterocycles. The first-order valence-electron chi connectivity index (χ1n) is 11.6. The number of aromatic amines is 1. The van der Waals surface area contributed by atoms with Crippen molar-refractivity contribution in [2.24, 2.45) is 0 Å². The standard InChI is InChI=1S/C25H31N5O/c1-18-22(25(31)30-12-3-2-4-13-30)15-27-24(28-18)21-6-5-11-29(17-21)16-19-7-8-23-20(14-19)9-10-26-23/h7-10,14-15,21,26H,2-6,11-13,16-17H2,1H3/t21-/m1/s1. The van der Waals surface area contributed by atoms with Crippen molar-refractivity contribution in [3.63, 3.8) is 0 Å². The second kappa shape index (κ2) is 8.79. The lowest BCUT2D eigenvalue weighted by Crippen LogP contribution is -2.36. The molecule has 0 saturated carbocycles. The second-order valence-electron chi connectivity index (χ2n) is 9.05. The van der Waals surface area contributed by atoms with Gasteiger partial charge in [0.25, 0.3) is 5.91 Å². The number of hydrogen-bond acceptors (Lipinski definition) is 4. The molecule has 0 radical (unpaired) electrons. The van der Waals surface area contributed by atoms with Crippen LogP contribution in [0.15, 0.2) is 36.7 Å².